The van der Waals surface area contributed by atoms with Crippen LogP contribution in [0.4, 0.5) is 19.0 Å². The highest BCUT2D eigenvalue weighted by molar-refractivity contribution is 7.97. The number of rotatable bonds is 9. The van der Waals surface area contributed by atoms with E-state index < -0.39 is 11.7 Å². The number of nitrogens with zero attached hydrogens (tertiary/aromatic N) is 2. The van der Waals surface area contributed by atoms with Crippen LogP contribution in [0.5, 0.6) is 0 Å². The van der Waals surface area contributed by atoms with Crippen LogP contribution in [-0.4, -0.2) is 24.6 Å². The predicted molar refractivity (Wildman–Crippen MR) is 118 cm³/mol. The summed E-state index contributed by atoms with van der Waals surface area (Å²) in [6.45, 7) is 10.2. The van der Waals surface area contributed by atoms with Crippen LogP contribution in [0, 0.1) is 5.92 Å². The second-order valence-corrected chi connectivity index (χ2v) is 8.94. The van der Waals surface area contributed by atoms with Gasteiger partial charge in [-0.05, 0) is 66.1 Å². The highest BCUT2D eigenvalue weighted by atomic mass is 32.2. The molecule has 0 spiro atoms. The number of alkyl halides is 3. The number of nitrogens with one attached hydrogen (secondary N) is 1. The summed E-state index contributed by atoms with van der Waals surface area (Å²) in [5.74, 6) is 1.37. The van der Waals surface area contributed by atoms with E-state index >= 15 is 0 Å². The van der Waals surface area contributed by atoms with E-state index in [1.807, 2.05) is 11.0 Å². The van der Waals surface area contributed by atoms with Gasteiger partial charge in [-0.15, -0.1) is 6.58 Å². The van der Waals surface area contributed by atoms with Gasteiger partial charge in [-0.2, -0.15) is 13.2 Å². The molecule has 1 aromatic carbocycles. The molecule has 1 aliphatic carbocycles. The maximum Gasteiger partial charge on any atom is 0.417 e. The topological polar surface area (TPSA) is 28.2 Å². The first-order chi connectivity index (χ1) is 14.3. The zero-order chi connectivity index (χ0) is 21.7. The number of fused-ring (bicyclic) bond motifs is 1. The van der Waals surface area contributed by atoms with E-state index in [4.69, 9.17) is 0 Å². The van der Waals surface area contributed by atoms with Gasteiger partial charge in [0.2, 0.25) is 0 Å². The molecule has 7 heteroatoms. The molecule has 0 saturated carbocycles. The molecule has 0 amide bonds. The average molecular weight is 436 g/mol. The lowest BCUT2D eigenvalue weighted by Crippen LogP contribution is -2.33. The second kappa shape index (κ2) is 9.88. The number of halogens is 3. The molecule has 3 nitrogen and oxygen atoms in total. The molecular weight excluding hydrogens is 407 g/mol. The van der Waals surface area contributed by atoms with E-state index in [1.54, 1.807) is 11.9 Å². The first-order valence-corrected chi connectivity index (χ1v) is 11.0. The molecule has 2 aromatic rings. The SMILES string of the molecule is C=CC1CCc2ccc(SNCCN(CC(C)C)c3ccc(C(F)(F)F)cn3)cc21. The molecule has 1 unspecified atom stereocenters. The number of aryl methyl sites for hydroxylation is 1. The van der Waals surface area contributed by atoms with Crippen molar-refractivity contribution in [3.05, 3.63) is 65.9 Å². The quantitative estimate of drug-likeness (QED) is 0.294. The lowest BCUT2D eigenvalue weighted by Gasteiger charge is -2.26. The zero-order valence-electron chi connectivity index (χ0n) is 17.4. The Morgan fingerprint density at radius 3 is 2.73 bits per heavy atom. The second-order valence-electron chi connectivity index (χ2n) is 7.98. The molecule has 3 rings (SSSR count). The van der Waals surface area contributed by atoms with Gasteiger partial charge >= 0.3 is 6.18 Å². The van der Waals surface area contributed by atoms with Crippen molar-refractivity contribution in [3.8, 4) is 0 Å². The molecule has 1 heterocycles. The van der Waals surface area contributed by atoms with Crippen LogP contribution < -0.4 is 9.62 Å². The summed E-state index contributed by atoms with van der Waals surface area (Å²) in [5.41, 5.74) is 2.05. The third-order valence-corrected chi connectivity index (χ3v) is 6.02. The first kappa shape index (κ1) is 22.7. The van der Waals surface area contributed by atoms with E-state index in [-0.39, 0.29) is 0 Å². The van der Waals surface area contributed by atoms with Crippen molar-refractivity contribution in [3.63, 3.8) is 0 Å². The van der Waals surface area contributed by atoms with Crippen molar-refractivity contribution >= 4 is 17.8 Å². The van der Waals surface area contributed by atoms with Crippen molar-refractivity contribution in [2.24, 2.45) is 5.92 Å². The lowest BCUT2D eigenvalue weighted by molar-refractivity contribution is -0.137. The summed E-state index contributed by atoms with van der Waals surface area (Å²) >= 11 is 1.58. The normalized spacial score (nSPS) is 16.0. The monoisotopic (exact) mass is 435 g/mol. The summed E-state index contributed by atoms with van der Waals surface area (Å²) in [4.78, 5) is 7.23. The number of anilines is 1. The molecule has 0 bridgehead atoms. The molecule has 1 aromatic heterocycles. The summed E-state index contributed by atoms with van der Waals surface area (Å²) in [7, 11) is 0. The smallest absolute Gasteiger partial charge is 0.355 e. The minimum Gasteiger partial charge on any atom is -0.355 e. The molecule has 1 aliphatic rings. The Kier molecular flexibility index (Phi) is 7.47. The molecule has 0 radical (unpaired) electrons. The van der Waals surface area contributed by atoms with Gasteiger partial charge in [-0.3, -0.25) is 4.72 Å². The summed E-state index contributed by atoms with van der Waals surface area (Å²) in [5, 5.41) is 0. The zero-order valence-corrected chi connectivity index (χ0v) is 18.2. The van der Waals surface area contributed by atoms with E-state index in [1.165, 1.54) is 17.2 Å². The predicted octanol–water partition coefficient (Wildman–Crippen LogP) is 6.08. The van der Waals surface area contributed by atoms with Crippen LogP contribution >= 0.6 is 11.9 Å². The Morgan fingerprint density at radius 1 is 1.30 bits per heavy atom. The van der Waals surface area contributed by atoms with Crippen molar-refractivity contribution < 1.29 is 13.2 Å². The van der Waals surface area contributed by atoms with Crippen molar-refractivity contribution in [2.45, 2.75) is 43.7 Å². The fourth-order valence-corrected chi connectivity index (χ4v) is 4.40. The fraction of sp³-hybridized carbons (Fsp3) is 0.435. The van der Waals surface area contributed by atoms with Crippen LogP contribution in [0.25, 0.3) is 0 Å². The molecule has 0 aliphatic heterocycles. The highest BCUT2D eigenvalue weighted by Crippen LogP contribution is 2.36. The van der Waals surface area contributed by atoms with Gasteiger partial charge in [0.1, 0.15) is 5.82 Å². The van der Waals surface area contributed by atoms with Gasteiger partial charge in [-0.25, -0.2) is 4.98 Å². The minimum absolute atomic E-state index is 0.370. The summed E-state index contributed by atoms with van der Waals surface area (Å²) in [6, 6.07) is 9.10. The first-order valence-electron chi connectivity index (χ1n) is 10.2. The summed E-state index contributed by atoms with van der Waals surface area (Å²) in [6.07, 6.45) is 0.798. The van der Waals surface area contributed by atoms with Crippen molar-refractivity contribution in [1.29, 1.82) is 0 Å². The van der Waals surface area contributed by atoms with Gasteiger partial charge < -0.3 is 4.90 Å². The van der Waals surface area contributed by atoms with Gasteiger partial charge in [0.05, 0.1) is 5.56 Å². The molecule has 1 N–H and O–H groups in total. The third kappa shape index (κ3) is 5.79. The Hall–Kier alpha value is -1.99. The van der Waals surface area contributed by atoms with Crippen LogP contribution in [-0.2, 0) is 12.6 Å². The molecule has 1 atom stereocenters. The van der Waals surface area contributed by atoms with Crippen molar-refractivity contribution in [1.82, 2.24) is 9.71 Å². The Balaban J connectivity index is 1.57. The molecule has 0 fully saturated rings. The minimum atomic E-state index is -4.37. The lowest BCUT2D eigenvalue weighted by atomic mass is 10.0. The Bertz CT molecular complexity index is 850. The number of allylic oxidation sites excluding steroid dienone is 1. The van der Waals surface area contributed by atoms with Gasteiger partial charge in [0.15, 0.2) is 0 Å². The largest absolute Gasteiger partial charge is 0.417 e. The Labute approximate surface area is 180 Å². The fourth-order valence-electron chi connectivity index (χ4n) is 3.72. The van der Waals surface area contributed by atoms with Crippen LogP contribution in [0.2, 0.25) is 0 Å². The van der Waals surface area contributed by atoms with Crippen LogP contribution in [0.3, 0.4) is 0 Å². The van der Waals surface area contributed by atoms with E-state index in [0.29, 0.717) is 30.7 Å². The number of benzene rings is 1. The van der Waals surface area contributed by atoms with Crippen molar-refractivity contribution in [2.75, 3.05) is 24.5 Å². The van der Waals surface area contributed by atoms with Gasteiger partial charge in [0, 0.05) is 36.6 Å². The number of pyridine rings is 1. The third-order valence-electron chi connectivity index (χ3n) is 5.18. The van der Waals surface area contributed by atoms with E-state index in [0.717, 1.165) is 36.5 Å². The maximum atomic E-state index is 12.8. The van der Waals surface area contributed by atoms with E-state index in [9.17, 15) is 13.2 Å². The number of aromatic nitrogens is 1. The molecular formula is C23H28F3N3S. The maximum absolute atomic E-state index is 12.8. The van der Waals surface area contributed by atoms with Gasteiger partial charge in [-0.1, -0.05) is 26.0 Å². The number of hydrogen-bond donors (Lipinski definition) is 1. The number of hydrogen-bond acceptors (Lipinski definition) is 4. The summed E-state index contributed by atoms with van der Waals surface area (Å²) < 4.78 is 41.8. The van der Waals surface area contributed by atoms with Crippen LogP contribution in [0.1, 0.15) is 42.9 Å². The van der Waals surface area contributed by atoms with E-state index in [2.05, 4.69) is 48.3 Å². The molecule has 162 valence electrons. The average Bonchev–Trinajstić information content (AvgIpc) is 3.12. The molecule has 0 saturated heterocycles. The standard InChI is InChI=1S/C23H28F3N3S/c1-4-17-5-6-18-7-9-20(13-21(17)18)30-28-11-12-29(15-16(2)3)22-10-8-19(14-27-22)23(24,25)26/h4,7-10,13-14,16-17,28H,1,5-6,11-12,15H2,2-3H3. The van der Waals surface area contributed by atoms with Crippen LogP contribution in [0.15, 0.2) is 54.1 Å². The Morgan fingerprint density at radius 2 is 2.10 bits per heavy atom. The highest BCUT2D eigenvalue weighted by Gasteiger charge is 2.30. The van der Waals surface area contributed by atoms with Gasteiger partial charge in [0.25, 0.3) is 0 Å². The molecule has 30 heavy (non-hydrogen) atoms.